The van der Waals surface area contributed by atoms with E-state index in [1.165, 1.54) is 18.2 Å². The molecule has 0 aliphatic heterocycles. The van der Waals surface area contributed by atoms with E-state index in [0.29, 0.717) is 11.4 Å². The number of benzene rings is 1. The lowest BCUT2D eigenvalue weighted by atomic mass is 10.2. The summed E-state index contributed by atoms with van der Waals surface area (Å²) in [4.78, 5) is 15.6. The molecule has 1 aromatic heterocycles. The molecule has 19 heavy (non-hydrogen) atoms. The van der Waals surface area contributed by atoms with Crippen molar-refractivity contribution in [3.8, 4) is 0 Å². The maximum absolute atomic E-state index is 13.3. The number of nitrogens with one attached hydrogen (secondary N) is 1. The van der Waals surface area contributed by atoms with E-state index in [9.17, 15) is 9.18 Å². The van der Waals surface area contributed by atoms with Crippen molar-refractivity contribution in [2.24, 2.45) is 0 Å². The minimum atomic E-state index is -0.367. The summed E-state index contributed by atoms with van der Waals surface area (Å²) in [6.45, 7) is 0. The molecule has 0 spiro atoms. The van der Waals surface area contributed by atoms with Gasteiger partial charge >= 0.3 is 0 Å². The highest BCUT2D eigenvalue weighted by Gasteiger charge is 2.00. The van der Waals surface area contributed by atoms with Crippen LogP contribution in [0.1, 0.15) is 5.56 Å². The number of anilines is 1. The third-order valence-electron chi connectivity index (χ3n) is 2.30. The maximum atomic E-state index is 13.3. The van der Waals surface area contributed by atoms with Crippen LogP contribution in [-0.4, -0.2) is 10.9 Å². The van der Waals surface area contributed by atoms with Crippen LogP contribution in [-0.2, 0) is 4.79 Å². The zero-order valence-electron chi connectivity index (χ0n) is 9.81. The first-order chi connectivity index (χ1) is 9.15. The molecular formula is C14H10BrFN2O. The van der Waals surface area contributed by atoms with E-state index in [0.717, 1.165) is 4.47 Å². The standard InChI is InChI=1S/C14H10BrFN2O/c15-11-6-7-13(17-9-11)18-14(19)8-5-10-3-1-2-4-12(10)16/h1-9H,(H,17,18,19)/b8-5+. The number of aromatic nitrogens is 1. The second-order valence-corrected chi connectivity index (χ2v) is 4.62. The first kappa shape index (κ1) is 13.4. The maximum Gasteiger partial charge on any atom is 0.249 e. The van der Waals surface area contributed by atoms with Gasteiger partial charge in [-0.15, -0.1) is 0 Å². The lowest BCUT2D eigenvalue weighted by molar-refractivity contribution is -0.111. The Labute approximate surface area is 118 Å². The number of pyridine rings is 1. The zero-order valence-corrected chi connectivity index (χ0v) is 11.4. The third-order valence-corrected chi connectivity index (χ3v) is 2.77. The average molecular weight is 321 g/mol. The fourth-order valence-corrected chi connectivity index (χ4v) is 1.63. The van der Waals surface area contributed by atoms with E-state index in [1.54, 1.807) is 36.5 Å². The number of hydrogen-bond acceptors (Lipinski definition) is 2. The fraction of sp³-hybridized carbons (Fsp3) is 0. The minimum Gasteiger partial charge on any atom is -0.307 e. The lowest BCUT2D eigenvalue weighted by Gasteiger charge is -2.00. The third kappa shape index (κ3) is 3.99. The molecule has 2 rings (SSSR count). The Hall–Kier alpha value is -2.01. The number of hydrogen-bond donors (Lipinski definition) is 1. The van der Waals surface area contributed by atoms with Crippen molar-refractivity contribution in [1.82, 2.24) is 4.98 Å². The van der Waals surface area contributed by atoms with Gasteiger partial charge in [-0.25, -0.2) is 9.37 Å². The van der Waals surface area contributed by atoms with E-state index in [1.807, 2.05) is 0 Å². The van der Waals surface area contributed by atoms with Gasteiger partial charge in [-0.1, -0.05) is 18.2 Å². The molecule has 0 radical (unpaired) electrons. The number of carbonyl (C=O) groups is 1. The highest BCUT2D eigenvalue weighted by Crippen LogP contribution is 2.11. The predicted molar refractivity (Wildman–Crippen MR) is 76.0 cm³/mol. The van der Waals surface area contributed by atoms with Crippen LogP contribution >= 0.6 is 15.9 Å². The van der Waals surface area contributed by atoms with Gasteiger partial charge in [0.1, 0.15) is 11.6 Å². The molecule has 1 N–H and O–H groups in total. The second-order valence-electron chi connectivity index (χ2n) is 3.71. The van der Waals surface area contributed by atoms with Gasteiger partial charge in [0.15, 0.2) is 0 Å². The van der Waals surface area contributed by atoms with Crippen molar-refractivity contribution in [3.05, 3.63) is 64.5 Å². The molecule has 1 aromatic carbocycles. The smallest absolute Gasteiger partial charge is 0.249 e. The first-order valence-electron chi connectivity index (χ1n) is 5.50. The topological polar surface area (TPSA) is 42.0 Å². The Kier molecular flexibility index (Phi) is 4.41. The van der Waals surface area contributed by atoms with Crippen molar-refractivity contribution in [3.63, 3.8) is 0 Å². The van der Waals surface area contributed by atoms with Gasteiger partial charge in [-0.2, -0.15) is 0 Å². The molecule has 0 unspecified atom stereocenters. The summed E-state index contributed by atoms with van der Waals surface area (Å²) in [6, 6.07) is 9.67. The highest BCUT2D eigenvalue weighted by atomic mass is 79.9. The van der Waals surface area contributed by atoms with Crippen molar-refractivity contribution < 1.29 is 9.18 Å². The van der Waals surface area contributed by atoms with Gasteiger partial charge in [-0.05, 0) is 40.2 Å². The van der Waals surface area contributed by atoms with Gasteiger partial charge in [0, 0.05) is 22.3 Å². The van der Waals surface area contributed by atoms with Crippen molar-refractivity contribution >= 4 is 33.7 Å². The highest BCUT2D eigenvalue weighted by molar-refractivity contribution is 9.10. The molecule has 3 nitrogen and oxygen atoms in total. The molecule has 5 heteroatoms. The molecule has 0 aliphatic rings. The molecule has 0 bridgehead atoms. The van der Waals surface area contributed by atoms with Gasteiger partial charge in [0.05, 0.1) is 0 Å². The Morgan fingerprint density at radius 3 is 2.74 bits per heavy atom. The van der Waals surface area contributed by atoms with E-state index >= 15 is 0 Å². The second kappa shape index (κ2) is 6.24. The fourth-order valence-electron chi connectivity index (χ4n) is 1.39. The SMILES string of the molecule is O=C(/C=C/c1ccccc1F)Nc1ccc(Br)cn1. The summed E-state index contributed by atoms with van der Waals surface area (Å²) in [5.74, 6) is -0.294. The summed E-state index contributed by atoms with van der Waals surface area (Å²) >= 11 is 3.25. The molecule has 0 saturated carbocycles. The molecule has 0 atom stereocenters. The quantitative estimate of drug-likeness (QED) is 0.877. The van der Waals surface area contributed by atoms with Crippen LogP contribution in [0, 0.1) is 5.82 Å². The van der Waals surface area contributed by atoms with Gasteiger partial charge in [0.25, 0.3) is 0 Å². The van der Waals surface area contributed by atoms with Crippen molar-refractivity contribution in [2.75, 3.05) is 5.32 Å². The summed E-state index contributed by atoms with van der Waals surface area (Å²) in [5, 5.41) is 2.58. The predicted octanol–water partition coefficient (Wildman–Crippen LogP) is 3.64. The summed E-state index contributed by atoms with van der Waals surface area (Å²) in [7, 11) is 0. The Morgan fingerprint density at radius 1 is 1.26 bits per heavy atom. The monoisotopic (exact) mass is 320 g/mol. The van der Waals surface area contributed by atoms with Crippen molar-refractivity contribution in [2.45, 2.75) is 0 Å². The number of carbonyl (C=O) groups excluding carboxylic acids is 1. The Morgan fingerprint density at radius 2 is 2.05 bits per heavy atom. The average Bonchev–Trinajstić information content (AvgIpc) is 2.40. The Balaban J connectivity index is 2.02. The summed E-state index contributed by atoms with van der Waals surface area (Å²) in [5.41, 5.74) is 0.362. The van der Waals surface area contributed by atoms with Crippen LogP contribution in [0.5, 0.6) is 0 Å². The molecule has 1 amide bonds. The normalized spacial score (nSPS) is 10.6. The molecule has 0 saturated heterocycles. The van der Waals surface area contributed by atoms with E-state index < -0.39 is 0 Å². The van der Waals surface area contributed by atoms with Crippen LogP contribution in [0.15, 0.2) is 53.1 Å². The van der Waals surface area contributed by atoms with Crippen molar-refractivity contribution in [1.29, 1.82) is 0 Å². The van der Waals surface area contributed by atoms with Crippen LogP contribution in [0.25, 0.3) is 6.08 Å². The van der Waals surface area contributed by atoms with Crippen LogP contribution in [0.3, 0.4) is 0 Å². The van der Waals surface area contributed by atoms with Crippen LogP contribution < -0.4 is 5.32 Å². The van der Waals surface area contributed by atoms with Crippen LogP contribution in [0.4, 0.5) is 10.2 Å². The zero-order chi connectivity index (χ0) is 13.7. The van der Waals surface area contributed by atoms with E-state index in [4.69, 9.17) is 0 Å². The molecule has 96 valence electrons. The van der Waals surface area contributed by atoms with E-state index in [2.05, 4.69) is 26.2 Å². The first-order valence-corrected chi connectivity index (χ1v) is 6.29. The number of nitrogens with zero attached hydrogens (tertiary/aromatic N) is 1. The molecular weight excluding hydrogens is 311 g/mol. The number of rotatable bonds is 3. The Bertz CT molecular complexity index is 611. The number of halogens is 2. The van der Waals surface area contributed by atoms with Gasteiger partial charge in [-0.3, -0.25) is 4.79 Å². The molecule has 2 aromatic rings. The van der Waals surface area contributed by atoms with E-state index in [-0.39, 0.29) is 11.7 Å². The number of amides is 1. The lowest BCUT2D eigenvalue weighted by Crippen LogP contribution is -2.08. The summed E-state index contributed by atoms with van der Waals surface area (Å²) in [6.07, 6.45) is 4.27. The molecule has 0 aliphatic carbocycles. The largest absolute Gasteiger partial charge is 0.307 e. The van der Waals surface area contributed by atoms with Crippen LogP contribution in [0.2, 0.25) is 0 Å². The minimum absolute atomic E-state index is 0.362. The van der Waals surface area contributed by atoms with Gasteiger partial charge in [0.2, 0.25) is 5.91 Å². The van der Waals surface area contributed by atoms with Gasteiger partial charge < -0.3 is 5.32 Å². The molecule has 1 heterocycles. The summed E-state index contributed by atoms with van der Waals surface area (Å²) < 4.78 is 14.1. The molecule has 0 fully saturated rings.